The second-order valence-corrected chi connectivity index (χ2v) is 4.77. The standard InChI is InChI=1S/C14H19FN2O/c1-11(2)17-14(3,10-16)8-9-18-13-7-5-4-6-12(13)15/h4-7,11,17H,8-9H2,1-3H3. The van der Waals surface area contributed by atoms with Crippen molar-refractivity contribution in [1.82, 2.24) is 5.32 Å². The molecule has 0 spiro atoms. The predicted octanol–water partition coefficient (Wildman–Crippen LogP) is 2.87. The van der Waals surface area contributed by atoms with Crippen LogP contribution in [0.15, 0.2) is 24.3 Å². The van der Waals surface area contributed by atoms with E-state index >= 15 is 0 Å². The van der Waals surface area contributed by atoms with Crippen LogP contribution in [0.1, 0.15) is 27.2 Å². The molecule has 0 aliphatic heterocycles. The minimum Gasteiger partial charge on any atom is -0.490 e. The second kappa shape index (κ2) is 6.36. The topological polar surface area (TPSA) is 45.0 Å². The van der Waals surface area contributed by atoms with Gasteiger partial charge in [-0.2, -0.15) is 5.26 Å². The molecule has 3 nitrogen and oxygen atoms in total. The van der Waals surface area contributed by atoms with Crippen LogP contribution in [0.3, 0.4) is 0 Å². The molecule has 1 N–H and O–H groups in total. The van der Waals surface area contributed by atoms with Gasteiger partial charge in [0, 0.05) is 12.5 Å². The number of halogens is 1. The molecule has 0 bridgehead atoms. The van der Waals surface area contributed by atoms with Gasteiger partial charge in [0.1, 0.15) is 5.54 Å². The summed E-state index contributed by atoms with van der Waals surface area (Å²) in [6.45, 7) is 6.07. The number of para-hydroxylation sites is 1. The third kappa shape index (κ3) is 4.34. The molecule has 18 heavy (non-hydrogen) atoms. The highest BCUT2D eigenvalue weighted by Crippen LogP contribution is 2.17. The van der Waals surface area contributed by atoms with Gasteiger partial charge in [-0.1, -0.05) is 12.1 Å². The maximum atomic E-state index is 13.3. The molecule has 0 aliphatic carbocycles. The predicted molar refractivity (Wildman–Crippen MR) is 68.8 cm³/mol. The zero-order chi connectivity index (χ0) is 13.6. The molecule has 1 atom stereocenters. The first kappa shape index (κ1) is 14.5. The number of rotatable bonds is 6. The average Bonchev–Trinajstić information content (AvgIpc) is 2.31. The van der Waals surface area contributed by atoms with Gasteiger partial charge in [-0.05, 0) is 32.9 Å². The van der Waals surface area contributed by atoms with E-state index in [4.69, 9.17) is 10.00 Å². The van der Waals surface area contributed by atoms with Crippen molar-refractivity contribution in [1.29, 1.82) is 5.26 Å². The van der Waals surface area contributed by atoms with E-state index < -0.39 is 5.54 Å². The fourth-order valence-electron chi connectivity index (χ4n) is 1.72. The number of hydrogen-bond acceptors (Lipinski definition) is 3. The molecule has 0 saturated carbocycles. The molecular weight excluding hydrogens is 231 g/mol. The molecule has 1 aromatic carbocycles. The van der Waals surface area contributed by atoms with E-state index in [1.807, 2.05) is 20.8 Å². The van der Waals surface area contributed by atoms with Gasteiger partial charge >= 0.3 is 0 Å². The van der Waals surface area contributed by atoms with E-state index in [-0.39, 0.29) is 17.6 Å². The SMILES string of the molecule is CC(C)NC(C)(C#N)CCOc1ccccc1F. The summed E-state index contributed by atoms with van der Waals surface area (Å²) in [5, 5.41) is 12.3. The van der Waals surface area contributed by atoms with E-state index in [0.717, 1.165) is 0 Å². The summed E-state index contributed by atoms with van der Waals surface area (Å²) in [5.74, 6) is -0.157. The fourth-order valence-corrected chi connectivity index (χ4v) is 1.72. The van der Waals surface area contributed by atoms with Crippen molar-refractivity contribution in [3.8, 4) is 11.8 Å². The monoisotopic (exact) mass is 250 g/mol. The first-order chi connectivity index (χ1) is 8.47. The van der Waals surface area contributed by atoms with Crippen molar-refractivity contribution < 1.29 is 9.13 Å². The quantitative estimate of drug-likeness (QED) is 0.844. The van der Waals surface area contributed by atoms with Crippen LogP contribution in [0.25, 0.3) is 0 Å². The van der Waals surface area contributed by atoms with Crippen molar-refractivity contribution in [2.45, 2.75) is 38.8 Å². The Balaban J connectivity index is 2.50. The highest BCUT2D eigenvalue weighted by molar-refractivity contribution is 5.23. The van der Waals surface area contributed by atoms with Crippen LogP contribution in [0, 0.1) is 17.1 Å². The maximum absolute atomic E-state index is 13.3. The number of benzene rings is 1. The van der Waals surface area contributed by atoms with Gasteiger partial charge in [-0.25, -0.2) is 4.39 Å². The van der Waals surface area contributed by atoms with E-state index in [9.17, 15) is 4.39 Å². The number of ether oxygens (including phenoxy) is 1. The van der Waals surface area contributed by atoms with E-state index in [1.165, 1.54) is 6.07 Å². The largest absolute Gasteiger partial charge is 0.490 e. The molecule has 0 radical (unpaired) electrons. The molecule has 0 saturated heterocycles. The maximum Gasteiger partial charge on any atom is 0.165 e. The summed E-state index contributed by atoms with van der Waals surface area (Å²) >= 11 is 0. The molecule has 98 valence electrons. The Morgan fingerprint density at radius 2 is 2.11 bits per heavy atom. The third-order valence-electron chi connectivity index (χ3n) is 2.55. The van der Waals surface area contributed by atoms with Crippen LogP contribution in [-0.2, 0) is 0 Å². The van der Waals surface area contributed by atoms with Crippen LogP contribution >= 0.6 is 0 Å². The van der Waals surface area contributed by atoms with E-state index in [1.54, 1.807) is 18.2 Å². The Hall–Kier alpha value is -1.60. The summed E-state index contributed by atoms with van der Waals surface area (Å²) in [6.07, 6.45) is 0.496. The Morgan fingerprint density at radius 1 is 1.44 bits per heavy atom. The van der Waals surface area contributed by atoms with Gasteiger partial charge in [0.25, 0.3) is 0 Å². The van der Waals surface area contributed by atoms with Crippen molar-refractivity contribution in [2.75, 3.05) is 6.61 Å². The van der Waals surface area contributed by atoms with Gasteiger partial charge in [-0.15, -0.1) is 0 Å². The summed E-state index contributed by atoms with van der Waals surface area (Å²) in [7, 11) is 0. The molecular formula is C14H19FN2O. The zero-order valence-corrected chi connectivity index (χ0v) is 11.0. The molecule has 1 rings (SSSR count). The minimum absolute atomic E-state index is 0.211. The van der Waals surface area contributed by atoms with Crippen molar-refractivity contribution in [3.63, 3.8) is 0 Å². The molecule has 4 heteroatoms. The summed E-state index contributed by atoms with van der Waals surface area (Å²) in [6, 6.07) is 8.70. The lowest BCUT2D eigenvalue weighted by Crippen LogP contribution is -2.45. The first-order valence-corrected chi connectivity index (χ1v) is 6.03. The molecule has 1 unspecified atom stereocenters. The summed E-state index contributed by atoms with van der Waals surface area (Å²) in [4.78, 5) is 0. The van der Waals surface area contributed by atoms with Crippen LogP contribution in [0.5, 0.6) is 5.75 Å². The van der Waals surface area contributed by atoms with Crippen molar-refractivity contribution in [3.05, 3.63) is 30.1 Å². The lowest BCUT2D eigenvalue weighted by molar-refractivity contribution is 0.251. The first-order valence-electron chi connectivity index (χ1n) is 6.03. The Bertz CT molecular complexity index is 428. The molecule has 1 aromatic rings. The van der Waals surface area contributed by atoms with Crippen LogP contribution in [0.2, 0.25) is 0 Å². The smallest absolute Gasteiger partial charge is 0.165 e. The van der Waals surface area contributed by atoms with Crippen molar-refractivity contribution >= 4 is 0 Å². The Kier molecular flexibility index (Phi) is 5.11. The normalized spacial score (nSPS) is 14.0. The highest BCUT2D eigenvalue weighted by atomic mass is 19.1. The summed E-state index contributed by atoms with van der Waals surface area (Å²) in [5.41, 5.74) is -0.653. The van der Waals surface area contributed by atoms with Gasteiger partial charge in [-0.3, -0.25) is 5.32 Å². The molecule has 0 fully saturated rings. The van der Waals surface area contributed by atoms with Gasteiger partial charge in [0.05, 0.1) is 12.7 Å². The van der Waals surface area contributed by atoms with Crippen LogP contribution in [0.4, 0.5) is 4.39 Å². The number of nitrogens with zero attached hydrogens (tertiary/aromatic N) is 1. The Morgan fingerprint density at radius 3 is 2.67 bits per heavy atom. The number of nitriles is 1. The zero-order valence-electron chi connectivity index (χ0n) is 11.0. The summed E-state index contributed by atoms with van der Waals surface area (Å²) < 4.78 is 18.6. The lowest BCUT2D eigenvalue weighted by Gasteiger charge is -2.25. The van der Waals surface area contributed by atoms with E-state index in [0.29, 0.717) is 13.0 Å². The van der Waals surface area contributed by atoms with Crippen LogP contribution < -0.4 is 10.1 Å². The van der Waals surface area contributed by atoms with E-state index in [2.05, 4.69) is 11.4 Å². The molecule has 0 heterocycles. The van der Waals surface area contributed by atoms with Gasteiger partial charge in [0.15, 0.2) is 11.6 Å². The highest BCUT2D eigenvalue weighted by Gasteiger charge is 2.24. The number of nitrogens with one attached hydrogen (secondary N) is 1. The fraction of sp³-hybridized carbons (Fsp3) is 0.500. The number of hydrogen-bond donors (Lipinski definition) is 1. The molecule has 0 aromatic heterocycles. The molecule has 0 aliphatic rings. The minimum atomic E-state index is -0.653. The Labute approximate surface area is 108 Å². The third-order valence-corrected chi connectivity index (χ3v) is 2.55. The van der Waals surface area contributed by atoms with Crippen LogP contribution in [-0.4, -0.2) is 18.2 Å². The second-order valence-electron chi connectivity index (χ2n) is 4.77. The van der Waals surface area contributed by atoms with Gasteiger partial charge < -0.3 is 4.74 Å². The lowest BCUT2D eigenvalue weighted by atomic mass is 9.99. The molecule has 0 amide bonds. The van der Waals surface area contributed by atoms with Crippen molar-refractivity contribution in [2.24, 2.45) is 0 Å². The van der Waals surface area contributed by atoms with Gasteiger partial charge in [0.2, 0.25) is 0 Å². The average molecular weight is 250 g/mol.